The van der Waals surface area contributed by atoms with Gasteiger partial charge in [0.15, 0.2) is 0 Å². The third-order valence-corrected chi connectivity index (χ3v) is 5.17. The van der Waals surface area contributed by atoms with Crippen molar-refractivity contribution < 1.29 is 9.53 Å². The van der Waals surface area contributed by atoms with Gasteiger partial charge in [-0.15, -0.1) is 0 Å². The molecule has 2 aromatic rings. The Kier molecular flexibility index (Phi) is 3.89. The SMILES string of the molecule is COc1ccc(C(=O)Nc2ccc3c(c2)N[C@H]2CCCC[C@H]32)cc1. The van der Waals surface area contributed by atoms with Crippen LogP contribution in [-0.4, -0.2) is 19.1 Å². The molecule has 0 radical (unpaired) electrons. The second-order valence-corrected chi connectivity index (χ2v) is 6.63. The van der Waals surface area contributed by atoms with Crippen LogP contribution in [0.15, 0.2) is 42.5 Å². The predicted molar refractivity (Wildman–Crippen MR) is 96.0 cm³/mol. The number of nitrogens with one attached hydrogen (secondary N) is 2. The van der Waals surface area contributed by atoms with Gasteiger partial charge in [0.2, 0.25) is 0 Å². The van der Waals surface area contributed by atoms with Gasteiger partial charge in [0.25, 0.3) is 5.91 Å². The van der Waals surface area contributed by atoms with Crippen molar-refractivity contribution >= 4 is 17.3 Å². The molecule has 0 aromatic heterocycles. The Morgan fingerprint density at radius 1 is 1.12 bits per heavy atom. The van der Waals surface area contributed by atoms with E-state index in [-0.39, 0.29) is 5.91 Å². The zero-order valence-corrected chi connectivity index (χ0v) is 13.8. The Morgan fingerprint density at radius 2 is 1.92 bits per heavy atom. The van der Waals surface area contributed by atoms with Crippen molar-refractivity contribution in [2.24, 2.45) is 0 Å². The summed E-state index contributed by atoms with van der Waals surface area (Å²) in [6, 6.07) is 14.0. The smallest absolute Gasteiger partial charge is 0.255 e. The molecule has 124 valence electrons. The first-order chi connectivity index (χ1) is 11.7. The van der Waals surface area contributed by atoms with Crippen LogP contribution in [-0.2, 0) is 0 Å². The molecule has 1 saturated carbocycles. The highest BCUT2D eigenvalue weighted by molar-refractivity contribution is 6.04. The van der Waals surface area contributed by atoms with Gasteiger partial charge < -0.3 is 15.4 Å². The summed E-state index contributed by atoms with van der Waals surface area (Å²) in [5, 5.41) is 6.62. The molecule has 1 heterocycles. The normalized spacial score (nSPS) is 21.4. The molecule has 4 nitrogen and oxygen atoms in total. The lowest BCUT2D eigenvalue weighted by Crippen LogP contribution is -2.23. The highest BCUT2D eigenvalue weighted by Gasteiger charge is 2.33. The van der Waals surface area contributed by atoms with Gasteiger partial charge in [-0.1, -0.05) is 18.9 Å². The summed E-state index contributed by atoms with van der Waals surface area (Å²) in [6.45, 7) is 0. The fraction of sp³-hybridized carbons (Fsp3) is 0.350. The molecule has 2 aromatic carbocycles. The molecule has 2 N–H and O–H groups in total. The maximum absolute atomic E-state index is 12.4. The van der Waals surface area contributed by atoms with Gasteiger partial charge in [-0.25, -0.2) is 0 Å². The van der Waals surface area contributed by atoms with E-state index in [0.29, 0.717) is 17.5 Å². The molecule has 0 bridgehead atoms. The van der Waals surface area contributed by atoms with E-state index in [1.165, 1.54) is 36.9 Å². The standard InChI is InChI=1S/C20H22N2O2/c1-24-15-9-6-13(7-10-15)20(23)21-14-8-11-17-16-4-2-3-5-18(16)22-19(17)12-14/h6-12,16,18,22H,2-5H2,1H3,(H,21,23)/t16-,18+/m1/s1. The summed E-state index contributed by atoms with van der Waals surface area (Å²) in [5.41, 5.74) is 4.04. The van der Waals surface area contributed by atoms with Crippen LogP contribution in [0.25, 0.3) is 0 Å². The molecule has 1 fully saturated rings. The van der Waals surface area contributed by atoms with Crippen molar-refractivity contribution in [1.29, 1.82) is 0 Å². The van der Waals surface area contributed by atoms with E-state index < -0.39 is 0 Å². The van der Waals surface area contributed by atoms with Crippen molar-refractivity contribution in [2.75, 3.05) is 17.7 Å². The lowest BCUT2D eigenvalue weighted by Gasteiger charge is -2.25. The van der Waals surface area contributed by atoms with Gasteiger partial charge in [-0.05, 0) is 54.8 Å². The number of amides is 1. The number of carbonyl (C=O) groups is 1. The molecular formula is C20H22N2O2. The number of hydrogen-bond acceptors (Lipinski definition) is 3. The Labute approximate surface area is 142 Å². The minimum Gasteiger partial charge on any atom is -0.497 e. The molecule has 2 atom stereocenters. The van der Waals surface area contributed by atoms with Crippen molar-refractivity contribution in [3.05, 3.63) is 53.6 Å². The molecule has 1 amide bonds. The number of fused-ring (bicyclic) bond motifs is 3. The number of carbonyl (C=O) groups excluding carboxylic acids is 1. The van der Waals surface area contributed by atoms with Crippen LogP contribution in [0.2, 0.25) is 0 Å². The van der Waals surface area contributed by atoms with Crippen molar-refractivity contribution in [3.63, 3.8) is 0 Å². The molecular weight excluding hydrogens is 300 g/mol. The van der Waals surface area contributed by atoms with Gasteiger partial charge in [0.05, 0.1) is 7.11 Å². The molecule has 1 aliphatic carbocycles. The Bertz CT molecular complexity index is 755. The molecule has 4 heteroatoms. The third kappa shape index (κ3) is 2.73. The predicted octanol–water partition coefficient (Wildman–Crippen LogP) is 4.40. The van der Waals surface area contributed by atoms with E-state index in [1.807, 2.05) is 6.07 Å². The second-order valence-electron chi connectivity index (χ2n) is 6.63. The molecule has 4 rings (SSSR count). The van der Waals surface area contributed by atoms with Crippen LogP contribution in [0.5, 0.6) is 5.75 Å². The fourth-order valence-corrected chi connectivity index (χ4v) is 3.90. The largest absolute Gasteiger partial charge is 0.497 e. The van der Waals surface area contributed by atoms with Crippen molar-refractivity contribution in [2.45, 2.75) is 37.6 Å². The first-order valence-electron chi connectivity index (χ1n) is 8.60. The molecule has 0 saturated heterocycles. The monoisotopic (exact) mass is 322 g/mol. The van der Waals surface area contributed by atoms with E-state index in [9.17, 15) is 4.79 Å². The maximum Gasteiger partial charge on any atom is 0.255 e. The lowest BCUT2D eigenvalue weighted by atomic mass is 9.83. The molecule has 2 aliphatic rings. The quantitative estimate of drug-likeness (QED) is 0.880. The summed E-state index contributed by atoms with van der Waals surface area (Å²) < 4.78 is 5.12. The van der Waals surface area contributed by atoms with Crippen molar-refractivity contribution in [3.8, 4) is 5.75 Å². The van der Waals surface area contributed by atoms with Crippen LogP contribution in [0.1, 0.15) is 47.5 Å². The minimum atomic E-state index is -0.104. The summed E-state index contributed by atoms with van der Waals surface area (Å²) in [6.07, 6.45) is 5.14. The average molecular weight is 322 g/mol. The van der Waals surface area contributed by atoms with E-state index in [0.717, 1.165) is 11.4 Å². The van der Waals surface area contributed by atoms with Crippen LogP contribution in [0.3, 0.4) is 0 Å². The van der Waals surface area contributed by atoms with Gasteiger partial charge >= 0.3 is 0 Å². The van der Waals surface area contributed by atoms with E-state index in [4.69, 9.17) is 4.74 Å². The lowest BCUT2D eigenvalue weighted by molar-refractivity contribution is 0.102. The molecule has 1 aliphatic heterocycles. The third-order valence-electron chi connectivity index (χ3n) is 5.17. The summed E-state index contributed by atoms with van der Waals surface area (Å²) in [7, 11) is 1.62. The maximum atomic E-state index is 12.4. The van der Waals surface area contributed by atoms with Gasteiger partial charge in [0, 0.05) is 28.9 Å². The zero-order valence-electron chi connectivity index (χ0n) is 13.8. The summed E-state index contributed by atoms with van der Waals surface area (Å²) >= 11 is 0. The number of anilines is 2. The Hall–Kier alpha value is -2.49. The highest BCUT2D eigenvalue weighted by atomic mass is 16.5. The van der Waals surface area contributed by atoms with Crippen LogP contribution in [0, 0.1) is 0 Å². The second kappa shape index (κ2) is 6.19. The number of benzene rings is 2. The summed E-state index contributed by atoms with van der Waals surface area (Å²) in [5.74, 6) is 1.28. The topological polar surface area (TPSA) is 50.4 Å². The highest BCUT2D eigenvalue weighted by Crippen LogP contribution is 2.44. The van der Waals surface area contributed by atoms with E-state index in [1.54, 1.807) is 31.4 Å². The number of hydrogen-bond donors (Lipinski definition) is 2. The zero-order chi connectivity index (χ0) is 16.5. The number of ether oxygens (including phenoxy) is 1. The fourth-order valence-electron chi connectivity index (χ4n) is 3.90. The van der Waals surface area contributed by atoms with Crippen LogP contribution < -0.4 is 15.4 Å². The van der Waals surface area contributed by atoms with E-state index in [2.05, 4.69) is 22.8 Å². The average Bonchev–Trinajstić information content (AvgIpc) is 2.99. The minimum absolute atomic E-state index is 0.104. The summed E-state index contributed by atoms with van der Waals surface area (Å²) in [4.78, 5) is 12.4. The Balaban J connectivity index is 1.50. The number of methoxy groups -OCH3 is 1. The molecule has 0 spiro atoms. The van der Waals surface area contributed by atoms with Gasteiger partial charge in [-0.3, -0.25) is 4.79 Å². The van der Waals surface area contributed by atoms with Gasteiger partial charge in [0.1, 0.15) is 5.75 Å². The Morgan fingerprint density at radius 3 is 2.71 bits per heavy atom. The molecule has 24 heavy (non-hydrogen) atoms. The first kappa shape index (κ1) is 15.1. The van der Waals surface area contributed by atoms with E-state index >= 15 is 0 Å². The van der Waals surface area contributed by atoms with Crippen molar-refractivity contribution in [1.82, 2.24) is 0 Å². The first-order valence-corrected chi connectivity index (χ1v) is 8.60. The van der Waals surface area contributed by atoms with Crippen LogP contribution in [0.4, 0.5) is 11.4 Å². The van der Waals surface area contributed by atoms with Gasteiger partial charge in [-0.2, -0.15) is 0 Å². The number of rotatable bonds is 3. The molecule has 0 unspecified atom stereocenters. The van der Waals surface area contributed by atoms with Crippen LogP contribution >= 0.6 is 0 Å².